The number of quaternary nitrogens is 2. The number of hydrogen-bond donors (Lipinski definition) is 7. The van der Waals surface area contributed by atoms with E-state index in [4.69, 9.17) is 38.1 Å². The number of aromatic nitrogens is 3. The van der Waals surface area contributed by atoms with Gasteiger partial charge < -0.3 is 69.8 Å². The van der Waals surface area contributed by atoms with Crippen LogP contribution in [0, 0.1) is 0 Å². The van der Waals surface area contributed by atoms with Gasteiger partial charge in [-0.3, -0.25) is 38.8 Å². The number of ether oxygens (including phenoxy) is 7. The number of nitrogens with zero attached hydrogens (tertiary/aromatic N) is 5. The Hall–Kier alpha value is -12.8. The lowest BCUT2D eigenvalue weighted by atomic mass is 9.86. The molecule has 0 radical (unpaired) electrons. The third-order valence-corrected chi connectivity index (χ3v) is 21.0. The summed E-state index contributed by atoms with van der Waals surface area (Å²) in [6.07, 6.45) is 17.3. The summed E-state index contributed by atoms with van der Waals surface area (Å²) in [5, 5.41) is 63.0. The third kappa shape index (κ3) is 35.4. The molecule has 9 N–H and O–H groups in total. The van der Waals surface area contributed by atoms with E-state index in [1.807, 2.05) is 109 Å². The fourth-order valence-corrected chi connectivity index (χ4v) is 14.2. The van der Waals surface area contributed by atoms with E-state index in [0.717, 1.165) is 120 Å². The zero-order valence-electron chi connectivity index (χ0n) is 70.7. The predicted octanol–water partition coefficient (Wildman–Crippen LogP) is 13.5. The molecule has 31 nitrogen and oxygen atoms in total. The number of nitrogens with two attached hydrogens (primary N) is 2. The van der Waals surface area contributed by atoms with Gasteiger partial charge in [-0.15, -0.1) is 6.58 Å². The summed E-state index contributed by atoms with van der Waals surface area (Å²) in [5.41, 5.74) is 13.5. The van der Waals surface area contributed by atoms with Gasteiger partial charge in [0.05, 0.1) is 99.6 Å². The number of allylic oxidation sites excluding steroid dienone is 1. The van der Waals surface area contributed by atoms with Gasteiger partial charge in [0, 0.05) is 125 Å². The predicted molar refractivity (Wildman–Crippen MR) is 490 cm³/mol. The number of carboxylic acid groups (broad SMARTS) is 2. The van der Waals surface area contributed by atoms with Crippen LogP contribution in [0.15, 0.2) is 239 Å². The number of ketones is 1. The van der Waals surface area contributed by atoms with Crippen molar-refractivity contribution in [3.63, 3.8) is 0 Å². The molecule has 0 aliphatic heterocycles. The van der Waals surface area contributed by atoms with Crippen LogP contribution in [-0.2, 0) is 63.5 Å². The van der Waals surface area contributed by atoms with E-state index in [1.54, 1.807) is 85.2 Å². The minimum atomic E-state index is -0.925. The van der Waals surface area contributed by atoms with E-state index >= 15 is 0 Å². The Kier molecular flexibility index (Phi) is 46.3. The summed E-state index contributed by atoms with van der Waals surface area (Å²) >= 11 is 1.55. The van der Waals surface area contributed by atoms with E-state index in [9.17, 15) is 49.5 Å². The van der Waals surface area contributed by atoms with Crippen molar-refractivity contribution in [1.82, 2.24) is 30.9 Å². The van der Waals surface area contributed by atoms with E-state index in [2.05, 4.69) is 79.6 Å². The number of Topliss-reactive ketones (excluding diaryl/α,β-unsaturated/α-hetero) is 1. The lowest BCUT2D eigenvalue weighted by molar-refractivity contribution is -0.777. The second-order valence-corrected chi connectivity index (χ2v) is 30.3. The van der Waals surface area contributed by atoms with Crippen LogP contribution in [0.25, 0.3) is 22.4 Å². The number of fused-ring (bicyclic) bond motifs is 1. The van der Waals surface area contributed by atoms with Gasteiger partial charge in [0.2, 0.25) is 11.8 Å². The Morgan fingerprint density at radius 2 is 0.954 bits per heavy atom. The highest BCUT2D eigenvalue weighted by molar-refractivity contribution is 7.94. The van der Waals surface area contributed by atoms with Crippen LogP contribution in [0.2, 0.25) is 0 Å². The van der Waals surface area contributed by atoms with Gasteiger partial charge in [-0.1, -0.05) is 140 Å². The Labute approximate surface area is 765 Å². The fourth-order valence-electron chi connectivity index (χ4n) is 13.3. The first kappa shape index (κ1) is 103. The number of carbonyl (C=O) groups is 6. The number of rotatable bonds is 56. The van der Waals surface area contributed by atoms with Crippen molar-refractivity contribution < 1.29 is 112 Å². The molecule has 0 saturated carbocycles. The van der Waals surface area contributed by atoms with E-state index in [0.29, 0.717) is 149 Å². The number of unbranched alkanes of at least 4 members (excludes halogenated alkanes) is 4. The summed E-state index contributed by atoms with van der Waals surface area (Å²) in [5.74, 6) is 2.28. The highest BCUT2D eigenvalue weighted by Crippen LogP contribution is 2.36. The number of carbonyl (C=O) groups excluding carboxylic acids is 4. The van der Waals surface area contributed by atoms with Gasteiger partial charge in [0.15, 0.2) is 5.78 Å². The topological polar surface area (TPSA) is 423 Å². The number of aliphatic carboxylic acids is 2. The summed E-state index contributed by atoms with van der Waals surface area (Å²) < 4.78 is 51.1. The Morgan fingerprint density at radius 3 is 1.47 bits per heavy atom. The average Bonchev–Trinajstić information content (AvgIpc) is 0.792. The minimum absolute atomic E-state index is 0. The summed E-state index contributed by atoms with van der Waals surface area (Å²) in [7, 11) is 0. The van der Waals surface area contributed by atoms with Gasteiger partial charge in [-0.05, 0) is 167 Å². The van der Waals surface area contributed by atoms with Gasteiger partial charge in [0.1, 0.15) is 35.4 Å². The van der Waals surface area contributed by atoms with Crippen LogP contribution in [0.5, 0.6) is 34.6 Å². The molecule has 10 aromatic rings. The Balaban J connectivity index is 0.000000318. The van der Waals surface area contributed by atoms with Crippen molar-refractivity contribution in [2.45, 2.75) is 134 Å². The second kappa shape index (κ2) is 58.6. The smallest absolute Gasteiger partial charge is 0.303 e. The first-order chi connectivity index (χ1) is 62.7. The maximum atomic E-state index is 12.6. The normalized spacial score (nSPS) is 11.4. The molecule has 1 aliphatic carbocycles. The standard InChI is InChI=1S/C51H54N6O10S.C44H50N4O11S.2CH4/c58-48(52-28-14-29-53-51(61)40-24-26-47(54-35-40)57-55-36-39-19-8-9-22-46(39)68-67-66-62)23-13-32-64-45-21-12-20-44(42(45)25-27-50(59)60)63-30-10-3-11-31-65-49-34-41(37-15-4-1-5-16-37)33-43(56-49)38-17-6-2-7-18-38;1-2-10-35-33-12-8-13-37(49)34(33)18-20-40(35)56-25-7-3-6-24-55-38-14-9-15-39(36(38)19-22-43(50)51)57-28-27-54-26-23-45-44(52)32-17-21-42(46-29-32)48-47-30-31-11-4-5-16-41(31)60-59-58-53;;/h1-2,4-9,12,15-22,24,26,33-36,62H,3,10-11,13-14,23,25,27-32H2,(H,52,58)(H,53,61)(H,54,57)(H,59,60);2,4-5,9,11,14-18,20-21,29-30,53H,1,3,6-8,10,12-13,19,22-28H2,(H,45,52)(H,46,48)(H,50,51);2*1H4/b55-36+;47-30+;;. The monoisotopic (exact) mass is 1820 g/mol. The lowest BCUT2D eigenvalue weighted by Gasteiger charge is -2.21. The fraction of sp³-hybridized carbons (Fsp3) is 0.309. The van der Waals surface area contributed by atoms with Gasteiger partial charge in [0.25, 0.3) is 23.5 Å². The number of pyridine rings is 3. The maximum Gasteiger partial charge on any atom is 0.303 e. The highest BCUT2D eigenvalue weighted by Gasteiger charge is 2.24. The van der Waals surface area contributed by atoms with E-state index < -0.39 is 11.9 Å². The van der Waals surface area contributed by atoms with Crippen LogP contribution in [0.1, 0.15) is 163 Å². The largest absolute Gasteiger partial charge is 0.691 e. The minimum Gasteiger partial charge on any atom is -0.691 e. The molecule has 3 heterocycles. The molecule has 3 aromatic heterocycles. The highest BCUT2D eigenvalue weighted by atomic mass is 32.2. The van der Waals surface area contributed by atoms with Crippen LogP contribution >= 0.6 is 24.1 Å². The molecule has 11 rings (SSSR count). The van der Waals surface area contributed by atoms with Crippen molar-refractivity contribution in [2.24, 2.45) is 10.2 Å². The second-order valence-electron chi connectivity index (χ2n) is 28.8. The van der Waals surface area contributed by atoms with Crippen molar-refractivity contribution in [1.29, 1.82) is 0 Å². The Morgan fingerprint density at radius 1 is 0.469 bits per heavy atom. The molecule has 130 heavy (non-hydrogen) atoms. The lowest BCUT2D eigenvalue weighted by Crippen LogP contribution is -2.71. The molecule has 7 aromatic carbocycles. The molecule has 0 fully saturated rings. The van der Waals surface area contributed by atoms with Crippen LogP contribution in [-0.4, -0.2) is 146 Å². The molecular weight excluding hydrogens is 1710 g/mol. The number of carboxylic acids is 2. The van der Waals surface area contributed by atoms with Crippen LogP contribution in [0.4, 0.5) is 11.6 Å². The van der Waals surface area contributed by atoms with Crippen LogP contribution < -0.4 is 65.7 Å². The summed E-state index contributed by atoms with van der Waals surface area (Å²) in [6.45, 7) is 7.76. The molecule has 0 atom stereocenters. The summed E-state index contributed by atoms with van der Waals surface area (Å²) in [6, 6.07) is 59.8. The first-order valence-electron chi connectivity index (χ1n) is 42.1. The zero-order valence-corrected chi connectivity index (χ0v) is 72.4. The molecule has 1 aliphatic rings. The molecule has 0 unspecified atom stereocenters. The zero-order chi connectivity index (χ0) is 90.0. The van der Waals surface area contributed by atoms with Crippen molar-refractivity contribution in [3.05, 3.63) is 269 Å². The van der Waals surface area contributed by atoms with Crippen molar-refractivity contribution in [2.75, 3.05) is 72.5 Å². The number of benzene rings is 7. The SMILES string of the molecule is C.C.C=CCc1c(OCCCCCOc2cccc(OCCOCCNC(=O)c3ccc([NH2+]/N=C/c4ccccc4SOO[O-])nc3)c2CCC(=O)O)ccc2c1CCCC2=O.O=C(O)CCc1c(OCCCCCOc2cc(-c3ccccc3)cc(-c3ccccc3)n2)cccc1OCCCC(=O)NCCCNC(=O)c1ccc([NH2+]/N=C/c2ccccc2SOO[O-])nc1. The number of hydrogen-bond acceptors (Lipinski definition) is 26. The molecule has 33 heteroatoms. The van der Waals surface area contributed by atoms with Crippen LogP contribution in [0.3, 0.4) is 0 Å². The average molecular weight is 1820 g/mol. The molecular formula is C97H112N10O21S2. The first-order valence-corrected chi connectivity index (χ1v) is 43.6. The van der Waals surface area contributed by atoms with Gasteiger partial charge in [-0.2, -0.15) is 19.5 Å². The third-order valence-electron chi connectivity index (χ3n) is 19.7. The number of amides is 3. The number of nitrogens with one attached hydrogen (secondary N) is 3. The summed E-state index contributed by atoms with van der Waals surface area (Å²) in [4.78, 5) is 87.8. The molecule has 0 saturated heterocycles. The van der Waals surface area contributed by atoms with Gasteiger partial charge in [-0.25, -0.2) is 15.0 Å². The molecule has 0 spiro atoms. The molecule has 0 bridgehead atoms. The van der Waals surface area contributed by atoms with E-state index in [1.165, 1.54) is 23.2 Å². The quantitative estimate of drug-likeness (QED) is 0.00354. The molecule has 688 valence electrons. The maximum absolute atomic E-state index is 12.6. The molecule has 3 amide bonds. The van der Waals surface area contributed by atoms with E-state index in [-0.39, 0.29) is 103 Å². The Bertz CT molecular complexity index is 5180. The van der Waals surface area contributed by atoms with Crippen molar-refractivity contribution >= 4 is 83.6 Å². The van der Waals surface area contributed by atoms with Crippen molar-refractivity contribution in [3.8, 4) is 57.0 Å². The van der Waals surface area contributed by atoms with Gasteiger partial charge >= 0.3 is 11.9 Å².